The average Bonchev–Trinajstić information content (AvgIpc) is 3.06. The van der Waals surface area contributed by atoms with Crippen molar-refractivity contribution in [3.63, 3.8) is 0 Å². The van der Waals surface area contributed by atoms with Crippen LogP contribution < -0.4 is 24.8 Å². The molecule has 4 aromatic rings. The zero-order valence-electron chi connectivity index (χ0n) is 27.2. The Morgan fingerprint density at radius 1 is 1.00 bits per heavy atom. The van der Waals surface area contributed by atoms with Crippen molar-refractivity contribution >= 4 is 17.5 Å². The second-order valence-corrected chi connectivity index (χ2v) is 11.7. The topological polar surface area (TPSA) is 102 Å². The van der Waals surface area contributed by atoms with Crippen molar-refractivity contribution in [1.82, 2.24) is 15.2 Å². The van der Waals surface area contributed by atoms with Crippen molar-refractivity contribution in [3.8, 4) is 28.5 Å². The van der Waals surface area contributed by atoms with Gasteiger partial charge in [-0.1, -0.05) is 24.3 Å². The van der Waals surface area contributed by atoms with Crippen LogP contribution in [0.2, 0.25) is 0 Å². The maximum Gasteiger partial charge on any atom is 0.416 e. The van der Waals surface area contributed by atoms with Crippen LogP contribution in [0.4, 0.5) is 23.2 Å². The van der Waals surface area contributed by atoms with E-state index in [1.54, 1.807) is 26.2 Å². The molecule has 2 heterocycles. The highest BCUT2D eigenvalue weighted by Gasteiger charge is 2.32. The Morgan fingerprint density at radius 3 is 2.41 bits per heavy atom. The molecule has 2 N–H and O–H groups in total. The highest BCUT2D eigenvalue weighted by molar-refractivity contribution is 5.98. The number of methoxy groups -OCH3 is 1. The smallest absolute Gasteiger partial charge is 0.416 e. The highest BCUT2D eigenvalue weighted by atomic mass is 19.4. The number of carbonyl (C=O) groups is 2. The molecule has 1 aliphatic rings. The SMILES string of the molecule is CCOc1cc(OCc2ccc(OC)cc2)ncc1-c1ccc(CC(=O)Nc2cc(C(=O)NCC3CN(C)C3)cc(C(F)(F)F)c2)c(F)c1. The minimum atomic E-state index is -4.76. The van der Waals surface area contributed by atoms with Gasteiger partial charge in [0.25, 0.3) is 5.91 Å². The molecule has 0 bridgehead atoms. The third-order valence-corrected chi connectivity index (χ3v) is 7.90. The van der Waals surface area contributed by atoms with E-state index in [-0.39, 0.29) is 29.3 Å². The van der Waals surface area contributed by atoms with Crippen LogP contribution in [0.1, 0.15) is 34.0 Å². The van der Waals surface area contributed by atoms with Crippen LogP contribution in [0.3, 0.4) is 0 Å². The molecule has 13 heteroatoms. The lowest BCUT2D eigenvalue weighted by Crippen LogP contribution is -2.49. The fraction of sp³-hybridized carbons (Fsp3) is 0.306. The summed E-state index contributed by atoms with van der Waals surface area (Å²) in [4.78, 5) is 32.0. The van der Waals surface area contributed by atoms with Crippen molar-refractivity contribution < 1.29 is 41.4 Å². The summed E-state index contributed by atoms with van der Waals surface area (Å²) in [6.07, 6.45) is -3.72. The number of hydrogen-bond acceptors (Lipinski definition) is 7. The monoisotopic (exact) mass is 680 g/mol. The van der Waals surface area contributed by atoms with Gasteiger partial charge in [-0.15, -0.1) is 0 Å². The van der Waals surface area contributed by atoms with Crippen LogP contribution >= 0.6 is 0 Å². The van der Waals surface area contributed by atoms with Crippen molar-refractivity contribution in [1.29, 1.82) is 0 Å². The quantitative estimate of drug-likeness (QED) is 0.159. The van der Waals surface area contributed by atoms with Crippen molar-refractivity contribution in [2.75, 3.05) is 45.7 Å². The average molecular weight is 681 g/mol. The number of amides is 2. The summed E-state index contributed by atoms with van der Waals surface area (Å²) in [5, 5.41) is 5.04. The lowest BCUT2D eigenvalue weighted by Gasteiger charge is -2.36. The molecule has 0 unspecified atom stereocenters. The van der Waals surface area contributed by atoms with Gasteiger partial charge in [0.15, 0.2) is 0 Å². The Bertz CT molecular complexity index is 1790. The maximum atomic E-state index is 15.3. The number of nitrogens with one attached hydrogen (secondary N) is 2. The second kappa shape index (κ2) is 15.4. The minimum absolute atomic E-state index is 0.0158. The van der Waals surface area contributed by atoms with Crippen LogP contribution in [0, 0.1) is 11.7 Å². The molecule has 1 saturated heterocycles. The summed E-state index contributed by atoms with van der Waals surface area (Å²) in [7, 11) is 3.51. The van der Waals surface area contributed by atoms with E-state index in [1.165, 1.54) is 24.4 Å². The van der Waals surface area contributed by atoms with Crippen molar-refractivity contribution in [2.24, 2.45) is 5.92 Å². The molecule has 0 aliphatic carbocycles. The van der Waals surface area contributed by atoms with Crippen LogP contribution in [-0.2, 0) is 24.0 Å². The number of rotatable bonds is 13. The Balaban J connectivity index is 1.26. The first-order valence-electron chi connectivity index (χ1n) is 15.6. The zero-order valence-corrected chi connectivity index (χ0v) is 27.2. The molecule has 9 nitrogen and oxygen atoms in total. The number of aromatic nitrogens is 1. The fourth-order valence-electron chi connectivity index (χ4n) is 5.40. The largest absolute Gasteiger partial charge is 0.497 e. The van der Waals surface area contributed by atoms with E-state index in [1.807, 2.05) is 31.3 Å². The van der Waals surface area contributed by atoms with Gasteiger partial charge < -0.3 is 29.7 Å². The molecule has 3 aromatic carbocycles. The maximum absolute atomic E-state index is 15.3. The van der Waals surface area contributed by atoms with E-state index in [9.17, 15) is 22.8 Å². The first-order valence-corrected chi connectivity index (χ1v) is 15.6. The molecule has 1 aromatic heterocycles. The molecule has 1 aliphatic heterocycles. The van der Waals surface area contributed by atoms with Gasteiger partial charge in [0.2, 0.25) is 11.8 Å². The number of anilines is 1. The van der Waals surface area contributed by atoms with Crippen LogP contribution in [0.5, 0.6) is 17.4 Å². The van der Waals surface area contributed by atoms with Crippen LogP contribution in [0.25, 0.3) is 11.1 Å². The number of nitrogens with zero attached hydrogens (tertiary/aromatic N) is 2. The van der Waals surface area contributed by atoms with E-state index in [0.29, 0.717) is 35.9 Å². The molecular formula is C36H36F4N4O5. The number of likely N-dealkylation sites (tertiary alicyclic amines) is 1. The van der Waals surface area contributed by atoms with Gasteiger partial charge in [-0.3, -0.25) is 9.59 Å². The Labute approximate surface area is 281 Å². The lowest BCUT2D eigenvalue weighted by atomic mass is 10.0. The number of pyridine rings is 1. The zero-order chi connectivity index (χ0) is 35.1. The van der Waals surface area contributed by atoms with Gasteiger partial charge in [-0.2, -0.15) is 13.2 Å². The number of carbonyl (C=O) groups excluding carboxylic acids is 2. The molecule has 2 amide bonds. The first-order chi connectivity index (χ1) is 23.4. The number of hydrogen-bond donors (Lipinski definition) is 2. The lowest BCUT2D eigenvalue weighted by molar-refractivity contribution is -0.137. The Morgan fingerprint density at radius 2 is 1.76 bits per heavy atom. The van der Waals surface area contributed by atoms with Gasteiger partial charge in [-0.25, -0.2) is 9.37 Å². The predicted octanol–water partition coefficient (Wildman–Crippen LogP) is 6.37. The molecule has 0 spiro atoms. The summed E-state index contributed by atoms with van der Waals surface area (Å²) in [5.74, 6) is -0.496. The fourth-order valence-corrected chi connectivity index (χ4v) is 5.40. The van der Waals surface area contributed by atoms with Gasteiger partial charge >= 0.3 is 6.18 Å². The second-order valence-electron chi connectivity index (χ2n) is 11.7. The third kappa shape index (κ3) is 9.26. The Hall–Kier alpha value is -5.17. The van der Waals surface area contributed by atoms with Crippen LogP contribution in [0.15, 0.2) is 72.9 Å². The molecule has 5 rings (SSSR count). The molecule has 1 fully saturated rings. The molecule has 258 valence electrons. The summed E-state index contributed by atoms with van der Waals surface area (Å²) in [5.41, 5.74) is 0.274. The number of alkyl halides is 3. The molecule has 49 heavy (non-hydrogen) atoms. The van der Waals surface area contributed by atoms with Crippen molar-refractivity contribution in [2.45, 2.75) is 26.1 Å². The highest BCUT2D eigenvalue weighted by Crippen LogP contribution is 2.34. The summed E-state index contributed by atoms with van der Waals surface area (Å²) in [6, 6.07) is 15.9. The van der Waals surface area contributed by atoms with E-state index in [2.05, 4.69) is 20.5 Å². The molecule has 0 atom stereocenters. The van der Waals surface area contributed by atoms with Crippen molar-refractivity contribution in [3.05, 3.63) is 101 Å². The van der Waals surface area contributed by atoms with E-state index < -0.39 is 35.8 Å². The number of ether oxygens (including phenoxy) is 3. The molecule has 0 saturated carbocycles. The van der Waals surface area contributed by atoms with Gasteiger partial charge in [0.05, 0.1) is 25.7 Å². The van der Waals surface area contributed by atoms with E-state index >= 15 is 4.39 Å². The van der Waals surface area contributed by atoms with Gasteiger partial charge in [0, 0.05) is 54.6 Å². The minimum Gasteiger partial charge on any atom is -0.497 e. The molecule has 0 radical (unpaired) electrons. The van der Waals surface area contributed by atoms with Gasteiger partial charge in [-0.05, 0) is 67.1 Å². The third-order valence-electron chi connectivity index (χ3n) is 7.90. The standard InChI is InChI=1S/C36H36F4N4O5/c1-4-48-32-16-34(49-21-22-5-9-29(47-3)10-6-22)41-18-30(32)24-7-8-25(31(37)13-24)14-33(45)43-28-12-26(11-27(15-28)36(38,39)40)35(46)42-17-23-19-44(2)20-23/h5-13,15-16,18,23H,4,14,17,19-21H2,1-3H3,(H,42,46)(H,43,45). The van der Waals surface area contributed by atoms with E-state index in [4.69, 9.17) is 14.2 Å². The van der Waals surface area contributed by atoms with Crippen LogP contribution in [-0.4, -0.2) is 62.1 Å². The normalized spacial score (nSPS) is 13.4. The molecular weight excluding hydrogens is 644 g/mol. The van der Waals surface area contributed by atoms with Gasteiger partial charge in [0.1, 0.15) is 23.9 Å². The number of halogens is 4. The predicted molar refractivity (Wildman–Crippen MR) is 175 cm³/mol. The Kier molecular flexibility index (Phi) is 11.0. The summed E-state index contributed by atoms with van der Waals surface area (Å²) >= 11 is 0. The first kappa shape index (κ1) is 35.1. The van der Waals surface area contributed by atoms with E-state index in [0.717, 1.165) is 36.5 Å². The summed E-state index contributed by atoms with van der Waals surface area (Å²) in [6.45, 7) is 4.26. The number of benzene rings is 3. The summed E-state index contributed by atoms with van der Waals surface area (Å²) < 4.78 is 73.0.